The van der Waals surface area contributed by atoms with Gasteiger partial charge in [-0.05, 0) is 37.4 Å². The molecule has 0 saturated heterocycles. The molecule has 19 heavy (non-hydrogen) atoms. The zero-order valence-corrected chi connectivity index (χ0v) is 11.6. The van der Waals surface area contributed by atoms with Gasteiger partial charge in [0.15, 0.2) is 0 Å². The highest BCUT2D eigenvalue weighted by Crippen LogP contribution is 2.22. The molecule has 2 aromatic heterocycles. The van der Waals surface area contributed by atoms with Crippen molar-refractivity contribution in [3.8, 4) is 11.5 Å². The van der Waals surface area contributed by atoms with Gasteiger partial charge < -0.3 is 10.3 Å². The quantitative estimate of drug-likeness (QED) is 0.880. The summed E-state index contributed by atoms with van der Waals surface area (Å²) in [7, 11) is 0. The third-order valence-corrected chi connectivity index (χ3v) is 3.25. The average molecular weight is 281 g/mol. The number of rotatable bonds is 6. The summed E-state index contributed by atoms with van der Waals surface area (Å²) in [6.45, 7) is 2.87. The fraction of sp³-hybridized carbons (Fsp3) is 0.462. The normalized spacial score (nSPS) is 12.6. The fourth-order valence-electron chi connectivity index (χ4n) is 1.80. The number of hydrogen-bond donors (Lipinski definition) is 1. The van der Waals surface area contributed by atoms with Crippen LogP contribution in [0.4, 0.5) is 0 Å². The number of nitrogens with two attached hydrogens (primary N) is 1. The van der Waals surface area contributed by atoms with E-state index in [-0.39, 0.29) is 0 Å². The van der Waals surface area contributed by atoms with Crippen molar-refractivity contribution in [1.82, 2.24) is 15.1 Å². The maximum atomic E-state index is 6.04. The van der Waals surface area contributed by atoms with Crippen molar-refractivity contribution in [2.75, 3.05) is 6.54 Å². The molecule has 0 amide bonds. The molecule has 2 rings (SSSR count). The molecule has 0 saturated carbocycles. The minimum absolute atomic E-state index is 0.437. The monoisotopic (exact) mass is 280 g/mol. The van der Waals surface area contributed by atoms with Crippen LogP contribution in [-0.2, 0) is 6.42 Å². The van der Waals surface area contributed by atoms with Crippen LogP contribution in [0.5, 0.6) is 0 Å². The van der Waals surface area contributed by atoms with Crippen LogP contribution in [0, 0.1) is 5.92 Å². The van der Waals surface area contributed by atoms with Crippen molar-refractivity contribution in [3.63, 3.8) is 0 Å². The predicted octanol–water partition coefficient (Wildman–Crippen LogP) is 2.70. The molecule has 2 aromatic rings. The van der Waals surface area contributed by atoms with Crippen molar-refractivity contribution in [2.24, 2.45) is 11.7 Å². The Morgan fingerprint density at radius 3 is 3.00 bits per heavy atom. The second-order valence-corrected chi connectivity index (χ2v) is 4.97. The molecule has 0 radical (unpaired) electrons. The van der Waals surface area contributed by atoms with E-state index in [0.717, 1.165) is 19.3 Å². The van der Waals surface area contributed by atoms with E-state index in [2.05, 4.69) is 22.0 Å². The van der Waals surface area contributed by atoms with Crippen LogP contribution in [0.25, 0.3) is 11.5 Å². The smallest absolute Gasteiger partial charge is 0.227 e. The zero-order chi connectivity index (χ0) is 13.7. The van der Waals surface area contributed by atoms with Crippen molar-refractivity contribution >= 4 is 11.6 Å². The molecule has 6 heteroatoms. The van der Waals surface area contributed by atoms with Crippen LogP contribution in [0.15, 0.2) is 22.9 Å². The minimum Gasteiger partial charge on any atom is -0.339 e. The summed E-state index contributed by atoms with van der Waals surface area (Å²) in [5.41, 5.74) is 6.07. The first-order chi connectivity index (χ1) is 9.20. The maximum Gasteiger partial charge on any atom is 0.227 e. The van der Waals surface area contributed by atoms with Gasteiger partial charge in [0.05, 0.1) is 5.02 Å². The van der Waals surface area contributed by atoms with Gasteiger partial charge in [-0.1, -0.05) is 23.7 Å². The number of halogens is 1. The molecule has 5 nitrogen and oxygen atoms in total. The van der Waals surface area contributed by atoms with Crippen LogP contribution in [0.1, 0.15) is 25.7 Å². The van der Waals surface area contributed by atoms with Crippen LogP contribution >= 0.6 is 11.6 Å². The zero-order valence-electron chi connectivity index (χ0n) is 10.8. The van der Waals surface area contributed by atoms with E-state index in [0.29, 0.717) is 34.9 Å². The van der Waals surface area contributed by atoms with Crippen molar-refractivity contribution in [3.05, 3.63) is 29.2 Å². The summed E-state index contributed by atoms with van der Waals surface area (Å²) in [5.74, 6) is 1.60. The Labute approximate surface area is 117 Å². The molecular weight excluding hydrogens is 264 g/mol. The van der Waals surface area contributed by atoms with E-state index in [4.69, 9.17) is 21.9 Å². The van der Waals surface area contributed by atoms with Crippen molar-refractivity contribution in [2.45, 2.75) is 26.2 Å². The van der Waals surface area contributed by atoms with Gasteiger partial charge in [-0.2, -0.15) is 4.98 Å². The standard InChI is InChI=1S/C13H17ClN4O/c1-9(6-7-15)4-5-11-17-13(18-19-11)12-10(14)3-2-8-16-12/h2-3,8-9H,4-7,15H2,1H3. The molecule has 2 N–H and O–H groups in total. The molecule has 0 spiro atoms. The first kappa shape index (κ1) is 14.0. The lowest BCUT2D eigenvalue weighted by atomic mass is 10.0. The van der Waals surface area contributed by atoms with E-state index in [1.807, 2.05) is 0 Å². The minimum atomic E-state index is 0.437. The highest BCUT2D eigenvalue weighted by molar-refractivity contribution is 6.32. The summed E-state index contributed by atoms with van der Waals surface area (Å²) in [5, 5.41) is 4.43. The van der Waals surface area contributed by atoms with Gasteiger partial charge in [-0.25, -0.2) is 0 Å². The number of pyridine rings is 1. The van der Waals surface area contributed by atoms with E-state index in [1.54, 1.807) is 18.3 Å². The Hall–Kier alpha value is -1.46. The van der Waals surface area contributed by atoms with Gasteiger partial charge in [0.25, 0.3) is 0 Å². The molecular formula is C13H17ClN4O. The molecule has 1 atom stereocenters. The molecule has 0 bridgehead atoms. The Morgan fingerprint density at radius 2 is 2.26 bits per heavy atom. The highest BCUT2D eigenvalue weighted by atomic mass is 35.5. The van der Waals surface area contributed by atoms with Crippen molar-refractivity contribution in [1.29, 1.82) is 0 Å². The highest BCUT2D eigenvalue weighted by Gasteiger charge is 2.13. The SMILES string of the molecule is CC(CCN)CCc1nc(-c2ncccc2Cl)no1. The Bertz CT molecular complexity index is 529. The summed E-state index contributed by atoms with van der Waals surface area (Å²) >= 11 is 6.04. The van der Waals surface area contributed by atoms with Gasteiger partial charge >= 0.3 is 0 Å². The van der Waals surface area contributed by atoms with Gasteiger partial charge in [0, 0.05) is 12.6 Å². The molecule has 0 fully saturated rings. The van der Waals surface area contributed by atoms with Crippen LogP contribution in [-0.4, -0.2) is 21.7 Å². The maximum absolute atomic E-state index is 6.04. The summed E-state index contributed by atoms with van der Waals surface area (Å²) in [6, 6.07) is 3.52. The van der Waals surface area contributed by atoms with Gasteiger partial charge in [-0.15, -0.1) is 0 Å². The largest absolute Gasteiger partial charge is 0.339 e. The topological polar surface area (TPSA) is 77.8 Å². The lowest BCUT2D eigenvalue weighted by Gasteiger charge is -2.06. The second-order valence-electron chi connectivity index (χ2n) is 4.57. The molecule has 0 aromatic carbocycles. The van der Waals surface area contributed by atoms with E-state index in [1.165, 1.54) is 0 Å². The Morgan fingerprint density at radius 1 is 1.42 bits per heavy atom. The van der Waals surface area contributed by atoms with Crippen LogP contribution < -0.4 is 5.73 Å². The molecule has 1 unspecified atom stereocenters. The van der Waals surface area contributed by atoms with E-state index >= 15 is 0 Å². The third kappa shape index (κ3) is 3.75. The molecule has 0 aliphatic heterocycles. The first-order valence-electron chi connectivity index (χ1n) is 6.34. The molecule has 102 valence electrons. The average Bonchev–Trinajstić information content (AvgIpc) is 2.86. The van der Waals surface area contributed by atoms with Crippen LogP contribution in [0.3, 0.4) is 0 Å². The van der Waals surface area contributed by atoms with E-state index < -0.39 is 0 Å². The van der Waals surface area contributed by atoms with Gasteiger partial charge in [-0.3, -0.25) is 4.98 Å². The van der Waals surface area contributed by atoms with E-state index in [9.17, 15) is 0 Å². The lowest BCUT2D eigenvalue weighted by Crippen LogP contribution is -2.06. The number of aryl methyl sites for hydroxylation is 1. The summed E-state index contributed by atoms with van der Waals surface area (Å²) < 4.78 is 5.21. The third-order valence-electron chi connectivity index (χ3n) is 2.95. The molecule has 2 heterocycles. The predicted molar refractivity (Wildman–Crippen MR) is 73.7 cm³/mol. The lowest BCUT2D eigenvalue weighted by molar-refractivity contribution is 0.362. The Kier molecular flexibility index (Phi) is 4.87. The number of hydrogen-bond acceptors (Lipinski definition) is 5. The van der Waals surface area contributed by atoms with Crippen LogP contribution in [0.2, 0.25) is 5.02 Å². The summed E-state index contributed by atoms with van der Waals surface area (Å²) in [4.78, 5) is 8.47. The Balaban J connectivity index is 2.02. The molecule has 0 aliphatic rings. The molecule has 0 aliphatic carbocycles. The first-order valence-corrected chi connectivity index (χ1v) is 6.72. The number of nitrogens with zero attached hydrogens (tertiary/aromatic N) is 3. The van der Waals surface area contributed by atoms with Gasteiger partial charge in [0.1, 0.15) is 5.69 Å². The second kappa shape index (κ2) is 6.63. The fourth-order valence-corrected chi connectivity index (χ4v) is 2.01. The van der Waals surface area contributed by atoms with Gasteiger partial charge in [0.2, 0.25) is 11.7 Å². The van der Waals surface area contributed by atoms with Crippen molar-refractivity contribution < 1.29 is 4.52 Å². The summed E-state index contributed by atoms with van der Waals surface area (Å²) in [6.07, 6.45) is 4.39. The number of aromatic nitrogens is 3.